The highest BCUT2D eigenvalue weighted by Crippen LogP contribution is 2.26. The number of nitro benzene ring substituents is 1. The smallest absolute Gasteiger partial charge is 0.269 e. The van der Waals surface area contributed by atoms with Gasteiger partial charge in [0.05, 0.1) is 16.6 Å². The number of non-ortho nitro benzene ring substituents is 1. The molecule has 0 aliphatic rings. The number of nitriles is 1. The summed E-state index contributed by atoms with van der Waals surface area (Å²) in [6.07, 6.45) is 1.66. The number of hydrogen-bond acceptors (Lipinski definition) is 4. The zero-order valence-electron chi connectivity index (χ0n) is 14.7. The number of halogens is 1. The predicted octanol–water partition coefficient (Wildman–Crippen LogP) is 5.38. The van der Waals surface area contributed by atoms with E-state index < -0.39 is 4.92 Å². The van der Waals surface area contributed by atoms with Crippen LogP contribution in [-0.4, -0.2) is 4.92 Å². The molecule has 0 fully saturated rings. The van der Waals surface area contributed by atoms with Gasteiger partial charge in [0.15, 0.2) is 0 Å². The maximum atomic E-state index is 13.1. The molecular weight excluding hydrogens is 359 g/mol. The molecule has 0 aliphatic carbocycles. The molecule has 3 aromatic rings. The summed E-state index contributed by atoms with van der Waals surface area (Å²) >= 11 is 0. The monoisotopic (exact) mass is 374 g/mol. The van der Waals surface area contributed by atoms with Crippen molar-refractivity contribution < 1.29 is 14.1 Å². The second-order valence-corrected chi connectivity index (χ2v) is 5.93. The average molecular weight is 374 g/mol. The van der Waals surface area contributed by atoms with Gasteiger partial charge in [-0.25, -0.2) is 4.39 Å². The highest BCUT2D eigenvalue weighted by molar-refractivity contribution is 5.90. The standard InChI is InChI=1S/C22H15FN2O3/c23-20-10-8-17(9-11-20)19(14-24)13-18-5-1-2-7-22(18)28-15-16-4-3-6-21(12-16)25(26)27/h1-13H,15H2/b19-13+. The molecular formula is C22H15FN2O3. The van der Waals surface area contributed by atoms with Crippen LogP contribution in [0.2, 0.25) is 0 Å². The fourth-order valence-electron chi connectivity index (χ4n) is 2.62. The van der Waals surface area contributed by atoms with Crippen molar-refractivity contribution in [1.82, 2.24) is 0 Å². The number of nitro groups is 1. The van der Waals surface area contributed by atoms with Crippen LogP contribution in [0.5, 0.6) is 5.75 Å². The van der Waals surface area contributed by atoms with E-state index in [-0.39, 0.29) is 18.1 Å². The van der Waals surface area contributed by atoms with Gasteiger partial charge in [-0.1, -0.05) is 42.5 Å². The highest BCUT2D eigenvalue weighted by Gasteiger charge is 2.08. The maximum absolute atomic E-state index is 13.1. The number of allylic oxidation sites excluding steroid dienone is 1. The lowest BCUT2D eigenvalue weighted by molar-refractivity contribution is -0.384. The molecule has 6 heteroatoms. The van der Waals surface area contributed by atoms with E-state index in [1.54, 1.807) is 36.4 Å². The van der Waals surface area contributed by atoms with E-state index in [1.165, 1.54) is 36.4 Å². The summed E-state index contributed by atoms with van der Waals surface area (Å²) in [6, 6.07) is 21.2. The van der Waals surface area contributed by atoms with Crippen LogP contribution in [0.4, 0.5) is 10.1 Å². The molecule has 28 heavy (non-hydrogen) atoms. The Morgan fingerprint density at radius 1 is 1.11 bits per heavy atom. The normalized spacial score (nSPS) is 10.9. The Balaban J connectivity index is 1.85. The molecule has 0 radical (unpaired) electrons. The van der Waals surface area contributed by atoms with Crippen molar-refractivity contribution in [3.8, 4) is 11.8 Å². The van der Waals surface area contributed by atoms with Crippen molar-refractivity contribution in [2.75, 3.05) is 0 Å². The summed E-state index contributed by atoms with van der Waals surface area (Å²) < 4.78 is 18.9. The van der Waals surface area contributed by atoms with Crippen LogP contribution in [0, 0.1) is 27.3 Å². The van der Waals surface area contributed by atoms with Crippen LogP contribution >= 0.6 is 0 Å². The van der Waals surface area contributed by atoms with Gasteiger partial charge in [-0.2, -0.15) is 5.26 Å². The lowest BCUT2D eigenvalue weighted by Gasteiger charge is -2.10. The summed E-state index contributed by atoms with van der Waals surface area (Å²) in [6.45, 7) is 0.144. The first kappa shape index (κ1) is 18.8. The minimum absolute atomic E-state index is 0.00245. The molecule has 0 aliphatic heterocycles. The number of ether oxygens (including phenoxy) is 1. The molecule has 0 heterocycles. The average Bonchev–Trinajstić information content (AvgIpc) is 2.72. The largest absolute Gasteiger partial charge is 0.488 e. The Labute approximate surface area is 161 Å². The summed E-state index contributed by atoms with van der Waals surface area (Å²) in [4.78, 5) is 10.4. The number of rotatable bonds is 6. The van der Waals surface area contributed by atoms with Crippen molar-refractivity contribution in [1.29, 1.82) is 5.26 Å². The zero-order valence-corrected chi connectivity index (χ0v) is 14.7. The van der Waals surface area contributed by atoms with Gasteiger partial charge in [0, 0.05) is 17.7 Å². The Hall–Kier alpha value is -3.98. The molecule has 5 nitrogen and oxygen atoms in total. The van der Waals surface area contributed by atoms with Crippen molar-refractivity contribution >= 4 is 17.3 Å². The quantitative estimate of drug-likeness (QED) is 0.251. The Morgan fingerprint density at radius 3 is 2.57 bits per heavy atom. The van der Waals surface area contributed by atoms with Crippen molar-refractivity contribution in [2.45, 2.75) is 6.61 Å². The summed E-state index contributed by atoms with van der Waals surface area (Å²) in [5, 5.41) is 20.4. The third-order valence-electron chi connectivity index (χ3n) is 4.01. The van der Waals surface area contributed by atoms with Gasteiger partial charge in [-0.05, 0) is 35.4 Å². The lowest BCUT2D eigenvalue weighted by Crippen LogP contribution is -1.98. The van der Waals surface area contributed by atoms with E-state index >= 15 is 0 Å². The van der Waals surface area contributed by atoms with Crippen LogP contribution in [0.3, 0.4) is 0 Å². The topological polar surface area (TPSA) is 76.2 Å². The SMILES string of the molecule is N#C/C(=C\c1ccccc1OCc1cccc([N+](=O)[O-])c1)c1ccc(F)cc1. The Bertz CT molecular complexity index is 1070. The van der Waals surface area contributed by atoms with Crippen LogP contribution in [-0.2, 0) is 6.61 Å². The van der Waals surface area contributed by atoms with Gasteiger partial charge in [0.25, 0.3) is 5.69 Å². The third kappa shape index (κ3) is 4.59. The minimum Gasteiger partial charge on any atom is -0.488 e. The first-order chi connectivity index (χ1) is 13.6. The fourth-order valence-corrected chi connectivity index (χ4v) is 2.62. The highest BCUT2D eigenvalue weighted by atomic mass is 19.1. The molecule has 0 aromatic heterocycles. The zero-order chi connectivity index (χ0) is 19.9. The van der Waals surface area contributed by atoms with Crippen molar-refractivity contribution in [3.63, 3.8) is 0 Å². The number of benzene rings is 3. The summed E-state index contributed by atoms with van der Waals surface area (Å²) in [7, 11) is 0. The molecule has 0 saturated heterocycles. The molecule has 0 atom stereocenters. The first-order valence-electron chi connectivity index (χ1n) is 8.40. The van der Waals surface area contributed by atoms with Crippen LogP contribution in [0.15, 0.2) is 72.8 Å². The van der Waals surface area contributed by atoms with E-state index in [2.05, 4.69) is 6.07 Å². The molecule has 138 valence electrons. The number of nitrogens with zero attached hydrogens (tertiary/aromatic N) is 2. The van der Waals surface area contributed by atoms with E-state index in [0.29, 0.717) is 28.0 Å². The molecule has 0 N–H and O–H groups in total. The van der Waals surface area contributed by atoms with Gasteiger partial charge in [-0.3, -0.25) is 10.1 Å². The van der Waals surface area contributed by atoms with Gasteiger partial charge < -0.3 is 4.74 Å². The number of hydrogen-bond donors (Lipinski definition) is 0. The van der Waals surface area contributed by atoms with E-state index in [9.17, 15) is 19.8 Å². The summed E-state index contributed by atoms with van der Waals surface area (Å²) in [5.41, 5.74) is 2.29. The van der Waals surface area contributed by atoms with Gasteiger partial charge in [0.1, 0.15) is 18.2 Å². The molecule has 0 spiro atoms. The molecule has 3 aromatic carbocycles. The van der Waals surface area contributed by atoms with Gasteiger partial charge in [-0.15, -0.1) is 0 Å². The Morgan fingerprint density at radius 2 is 1.86 bits per heavy atom. The van der Waals surface area contributed by atoms with Crippen LogP contribution in [0.25, 0.3) is 11.6 Å². The molecule has 3 rings (SSSR count). The van der Waals surface area contributed by atoms with Crippen LogP contribution < -0.4 is 4.74 Å². The molecule has 0 bridgehead atoms. The van der Waals surface area contributed by atoms with Gasteiger partial charge >= 0.3 is 0 Å². The molecule has 0 unspecified atom stereocenters. The number of para-hydroxylation sites is 1. The minimum atomic E-state index is -0.456. The maximum Gasteiger partial charge on any atom is 0.269 e. The third-order valence-corrected chi connectivity index (χ3v) is 4.01. The molecule has 0 amide bonds. The van der Waals surface area contributed by atoms with Crippen molar-refractivity contribution in [2.24, 2.45) is 0 Å². The lowest BCUT2D eigenvalue weighted by atomic mass is 10.0. The van der Waals surface area contributed by atoms with E-state index in [1.807, 2.05) is 6.07 Å². The van der Waals surface area contributed by atoms with Crippen molar-refractivity contribution in [3.05, 3.63) is 105 Å². The summed E-state index contributed by atoms with van der Waals surface area (Å²) in [5.74, 6) is 0.158. The first-order valence-corrected chi connectivity index (χ1v) is 8.40. The fraction of sp³-hybridized carbons (Fsp3) is 0.0455. The second-order valence-electron chi connectivity index (χ2n) is 5.93. The Kier molecular flexibility index (Phi) is 5.78. The van der Waals surface area contributed by atoms with E-state index in [4.69, 9.17) is 4.74 Å². The molecule has 0 saturated carbocycles. The van der Waals surface area contributed by atoms with E-state index in [0.717, 1.165) is 0 Å². The van der Waals surface area contributed by atoms with Crippen LogP contribution in [0.1, 0.15) is 16.7 Å². The predicted molar refractivity (Wildman–Crippen MR) is 104 cm³/mol. The van der Waals surface area contributed by atoms with Gasteiger partial charge in [0.2, 0.25) is 0 Å². The second kappa shape index (κ2) is 8.60.